The second-order valence-electron chi connectivity index (χ2n) is 6.74. The number of ether oxygens (including phenoxy) is 2. The van der Waals surface area contributed by atoms with Crippen LogP contribution in [-0.4, -0.2) is 44.8 Å². The normalized spacial score (nSPS) is 12.2. The maximum atomic E-state index is 14.3. The fourth-order valence-corrected chi connectivity index (χ4v) is 5.36. The Kier molecular flexibility index (Phi) is 7.41. The van der Waals surface area contributed by atoms with E-state index in [0.29, 0.717) is 10.4 Å². The molecule has 0 spiro atoms. The first-order valence-corrected chi connectivity index (χ1v) is 12.0. The van der Waals surface area contributed by atoms with Crippen LogP contribution in [0, 0.1) is 5.82 Å². The molecule has 1 amide bonds. The third-order valence-corrected chi connectivity index (χ3v) is 7.47. The first kappa shape index (κ1) is 23.6. The van der Waals surface area contributed by atoms with Crippen LogP contribution in [0.4, 0.5) is 4.39 Å². The largest absolute Gasteiger partial charge is 0.497 e. The Labute approximate surface area is 187 Å². The summed E-state index contributed by atoms with van der Waals surface area (Å²) in [7, 11) is -0.878. The molecule has 32 heavy (non-hydrogen) atoms. The van der Waals surface area contributed by atoms with Crippen LogP contribution in [-0.2, 0) is 30.7 Å². The third-order valence-electron chi connectivity index (χ3n) is 4.61. The highest BCUT2D eigenvalue weighted by Gasteiger charge is 2.17. The molecular weight excluding hydrogens is 459 g/mol. The van der Waals surface area contributed by atoms with Gasteiger partial charge >= 0.3 is 5.97 Å². The summed E-state index contributed by atoms with van der Waals surface area (Å²) in [6, 6.07) is 10.4. The van der Waals surface area contributed by atoms with E-state index < -0.39 is 27.5 Å². The molecule has 0 fully saturated rings. The van der Waals surface area contributed by atoms with Crippen LogP contribution in [0.5, 0.6) is 5.75 Å². The Balaban J connectivity index is 1.77. The van der Waals surface area contributed by atoms with E-state index in [0.717, 1.165) is 11.3 Å². The Hall–Kier alpha value is -3.05. The second kappa shape index (κ2) is 10.0. The number of benzene rings is 2. The van der Waals surface area contributed by atoms with E-state index in [1.54, 1.807) is 18.2 Å². The van der Waals surface area contributed by atoms with Crippen molar-refractivity contribution in [2.75, 3.05) is 20.0 Å². The molecule has 3 rings (SSSR count). The summed E-state index contributed by atoms with van der Waals surface area (Å²) in [5.74, 6) is -1.43. The summed E-state index contributed by atoms with van der Waals surface area (Å²) in [5.41, 5.74) is 0.150. The standard InChI is InChI=1S/C21H21FN2O6S2/c1-29-14-8-10-15(11-9-14)32(27,28)12-4-7-18(25)23-21-24(13-19(26)30-2)20-16(22)5-3-6-17(20)31-21/h3,5-6,8-11H,4,7,12-13H2,1-2H3. The van der Waals surface area contributed by atoms with Crippen molar-refractivity contribution in [3.63, 3.8) is 0 Å². The van der Waals surface area contributed by atoms with E-state index in [1.807, 2.05) is 0 Å². The van der Waals surface area contributed by atoms with Crippen molar-refractivity contribution in [2.24, 2.45) is 4.99 Å². The number of hydrogen-bond donors (Lipinski definition) is 0. The molecule has 2 aromatic carbocycles. The van der Waals surface area contributed by atoms with Gasteiger partial charge in [0.2, 0.25) is 5.91 Å². The number of esters is 1. The molecule has 0 N–H and O–H groups in total. The molecule has 8 nitrogen and oxygen atoms in total. The molecular formula is C21H21FN2O6S2. The lowest BCUT2D eigenvalue weighted by Gasteiger charge is -2.05. The van der Waals surface area contributed by atoms with Gasteiger partial charge in [-0.3, -0.25) is 9.59 Å². The fraction of sp³-hybridized carbons (Fsp3) is 0.286. The van der Waals surface area contributed by atoms with Gasteiger partial charge < -0.3 is 14.0 Å². The van der Waals surface area contributed by atoms with Crippen LogP contribution < -0.4 is 9.54 Å². The van der Waals surface area contributed by atoms with Gasteiger partial charge in [0.15, 0.2) is 14.6 Å². The molecule has 170 valence electrons. The molecule has 0 radical (unpaired) electrons. The Morgan fingerprint density at radius 1 is 1.12 bits per heavy atom. The third kappa shape index (κ3) is 5.40. The van der Waals surface area contributed by atoms with Gasteiger partial charge in [-0.05, 0) is 42.8 Å². The summed E-state index contributed by atoms with van der Waals surface area (Å²) < 4.78 is 50.7. The van der Waals surface area contributed by atoms with Crippen molar-refractivity contribution >= 4 is 43.3 Å². The van der Waals surface area contributed by atoms with Crippen LogP contribution in [0.25, 0.3) is 10.2 Å². The van der Waals surface area contributed by atoms with Crippen molar-refractivity contribution in [3.05, 3.63) is 53.1 Å². The molecule has 0 aliphatic carbocycles. The summed E-state index contributed by atoms with van der Waals surface area (Å²) in [5, 5.41) is 0. The van der Waals surface area contributed by atoms with Gasteiger partial charge in [-0.1, -0.05) is 17.4 Å². The summed E-state index contributed by atoms with van der Waals surface area (Å²) >= 11 is 1.06. The van der Waals surface area contributed by atoms with Crippen molar-refractivity contribution in [1.82, 2.24) is 4.57 Å². The zero-order valence-corrected chi connectivity index (χ0v) is 19.0. The smallest absolute Gasteiger partial charge is 0.325 e. The number of sulfone groups is 1. The molecule has 0 aliphatic heterocycles. The van der Waals surface area contributed by atoms with E-state index in [9.17, 15) is 22.4 Å². The minimum Gasteiger partial charge on any atom is -0.497 e. The molecule has 0 unspecified atom stereocenters. The number of nitrogens with zero attached hydrogens (tertiary/aromatic N) is 2. The Morgan fingerprint density at radius 2 is 1.84 bits per heavy atom. The first-order chi connectivity index (χ1) is 15.2. The SMILES string of the molecule is COC(=O)Cn1c(=NC(=O)CCCS(=O)(=O)c2ccc(OC)cc2)sc2cccc(F)c21. The van der Waals surface area contributed by atoms with Gasteiger partial charge in [-0.2, -0.15) is 4.99 Å². The van der Waals surface area contributed by atoms with Crippen molar-refractivity contribution in [3.8, 4) is 5.75 Å². The number of carbonyl (C=O) groups excluding carboxylic acids is 2. The van der Waals surface area contributed by atoms with Gasteiger partial charge in [-0.15, -0.1) is 0 Å². The number of fused-ring (bicyclic) bond motifs is 1. The predicted octanol–water partition coefficient (Wildman–Crippen LogP) is 2.70. The quantitative estimate of drug-likeness (QED) is 0.459. The van der Waals surface area contributed by atoms with Crippen molar-refractivity contribution in [1.29, 1.82) is 0 Å². The number of halogens is 1. The zero-order chi connectivity index (χ0) is 23.3. The molecule has 0 atom stereocenters. The number of para-hydroxylation sites is 1. The van der Waals surface area contributed by atoms with E-state index in [2.05, 4.69) is 9.73 Å². The van der Waals surface area contributed by atoms with Crippen LogP contribution in [0.3, 0.4) is 0 Å². The molecule has 0 saturated carbocycles. The highest BCUT2D eigenvalue weighted by atomic mass is 32.2. The van der Waals surface area contributed by atoms with Crippen LogP contribution in [0.2, 0.25) is 0 Å². The molecule has 1 aromatic heterocycles. The number of amides is 1. The number of aromatic nitrogens is 1. The first-order valence-electron chi connectivity index (χ1n) is 9.54. The second-order valence-corrected chi connectivity index (χ2v) is 9.86. The lowest BCUT2D eigenvalue weighted by Crippen LogP contribution is -2.23. The highest BCUT2D eigenvalue weighted by Crippen LogP contribution is 2.21. The Bertz CT molecular complexity index is 1310. The van der Waals surface area contributed by atoms with E-state index >= 15 is 0 Å². The van der Waals surface area contributed by atoms with Crippen molar-refractivity contribution in [2.45, 2.75) is 24.3 Å². The summed E-state index contributed by atoms with van der Waals surface area (Å²) in [6.45, 7) is -0.310. The van der Waals surface area contributed by atoms with Gasteiger partial charge in [0, 0.05) is 6.42 Å². The zero-order valence-electron chi connectivity index (χ0n) is 17.4. The van der Waals surface area contributed by atoms with E-state index in [-0.39, 0.29) is 40.4 Å². The number of thiazole rings is 1. The Morgan fingerprint density at radius 3 is 2.50 bits per heavy atom. The fourth-order valence-electron chi connectivity index (χ4n) is 2.99. The molecule has 0 bridgehead atoms. The average molecular weight is 481 g/mol. The maximum Gasteiger partial charge on any atom is 0.325 e. The van der Waals surface area contributed by atoms with Gasteiger partial charge in [0.05, 0.1) is 35.1 Å². The van der Waals surface area contributed by atoms with Crippen LogP contribution in [0.1, 0.15) is 12.8 Å². The van der Waals surface area contributed by atoms with Gasteiger partial charge in [-0.25, -0.2) is 12.8 Å². The van der Waals surface area contributed by atoms with Gasteiger partial charge in [0.1, 0.15) is 18.1 Å². The number of rotatable bonds is 8. The molecule has 0 aliphatic rings. The number of hydrogen-bond acceptors (Lipinski definition) is 7. The lowest BCUT2D eigenvalue weighted by molar-refractivity contribution is -0.141. The lowest BCUT2D eigenvalue weighted by atomic mass is 10.3. The minimum absolute atomic E-state index is 0.0625. The minimum atomic E-state index is -3.57. The predicted molar refractivity (Wildman–Crippen MR) is 117 cm³/mol. The monoisotopic (exact) mass is 480 g/mol. The number of methoxy groups -OCH3 is 2. The molecule has 1 heterocycles. The van der Waals surface area contributed by atoms with E-state index in [4.69, 9.17) is 4.74 Å². The van der Waals surface area contributed by atoms with Gasteiger partial charge in [0.25, 0.3) is 0 Å². The summed E-state index contributed by atoms with van der Waals surface area (Å²) in [6.07, 6.45) is -0.0582. The van der Waals surface area contributed by atoms with Crippen LogP contribution in [0.15, 0.2) is 52.4 Å². The molecule has 11 heteroatoms. The van der Waals surface area contributed by atoms with E-state index in [1.165, 1.54) is 43.1 Å². The highest BCUT2D eigenvalue weighted by molar-refractivity contribution is 7.91. The van der Waals surface area contributed by atoms with Crippen molar-refractivity contribution < 1.29 is 31.9 Å². The summed E-state index contributed by atoms with van der Waals surface area (Å²) in [4.78, 5) is 28.4. The molecule has 0 saturated heterocycles. The van der Waals surface area contributed by atoms with Crippen LogP contribution >= 0.6 is 11.3 Å². The topological polar surface area (TPSA) is 104 Å². The number of carbonyl (C=O) groups is 2. The molecule has 3 aromatic rings. The maximum absolute atomic E-state index is 14.3. The average Bonchev–Trinajstić information content (AvgIpc) is 3.11.